The molecular weight excluding hydrogens is 238 g/mol. The van der Waals surface area contributed by atoms with E-state index in [9.17, 15) is 0 Å². The van der Waals surface area contributed by atoms with E-state index in [0.717, 1.165) is 22.8 Å². The predicted octanol–water partition coefficient (Wildman–Crippen LogP) is 2.80. The van der Waals surface area contributed by atoms with Crippen molar-refractivity contribution in [3.63, 3.8) is 0 Å². The van der Waals surface area contributed by atoms with Gasteiger partial charge in [0.1, 0.15) is 5.51 Å². The van der Waals surface area contributed by atoms with E-state index in [1.54, 1.807) is 16.8 Å². The molecule has 1 saturated carbocycles. The van der Waals surface area contributed by atoms with Gasteiger partial charge in [0.15, 0.2) is 4.34 Å². The van der Waals surface area contributed by atoms with Gasteiger partial charge in [0, 0.05) is 11.8 Å². The molecular formula is C11H19N3S2. The third-order valence-corrected chi connectivity index (χ3v) is 5.07. The molecule has 5 heteroatoms. The monoisotopic (exact) mass is 257 g/mol. The van der Waals surface area contributed by atoms with Crippen molar-refractivity contribution < 1.29 is 0 Å². The van der Waals surface area contributed by atoms with Crippen molar-refractivity contribution in [1.29, 1.82) is 0 Å². The van der Waals surface area contributed by atoms with Crippen LogP contribution in [-0.4, -0.2) is 28.5 Å². The largest absolute Gasteiger partial charge is 0.314 e. The molecule has 16 heavy (non-hydrogen) atoms. The van der Waals surface area contributed by atoms with Crippen molar-refractivity contribution in [3.8, 4) is 0 Å². The quantitative estimate of drug-likeness (QED) is 0.795. The van der Waals surface area contributed by atoms with Gasteiger partial charge in [-0.1, -0.05) is 36.4 Å². The van der Waals surface area contributed by atoms with Crippen LogP contribution >= 0.6 is 23.1 Å². The zero-order chi connectivity index (χ0) is 11.2. The Morgan fingerprint density at radius 1 is 1.56 bits per heavy atom. The summed E-state index contributed by atoms with van der Waals surface area (Å²) in [6.45, 7) is 3.30. The number of hydrogen-bond donors (Lipinski definition) is 1. The molecule has 1 fully saturated rings. The topological polar surface area (TPSA) is 37.8 Å². The van der Waals surface area contributed by atoms with Gasteiger partial charge in [-0.05, 0) is 31.7 Å². The average molecular weight is 257 g/mol. The molecule has 0 bridgehead atoms. The van der Waals surface area contributed by atoms with E-state index in [2.05, 4.69) is 22.4 Å². The maximum Gasteiger partial charge on any atom is 0.174 e. The van der Waals surface area contributed by atoms with Crippen molar-refractivity contribution in [2.75, 3.05) is 12.3 Å². The fraction of sp³-hybridized carbons (Fsp3) is 0.818. The van der Waals surface area contributed by atoms with E-state index >= 15 is 0 Å². The number of nitrogens with one attached hydrogen (secondary N) is 1. The fourth-order valence-corrected chi connectivity index (χ4v) is 4.07. The maximum atomic E-state index is 4.05. The molecule has 1 heterocycles. The summed E-state index contributed by atoms with van der Waals surface area (Å²) in [4.78, 5) is 0. The molecule has 1 aliphatic rings. The van der Waals surface area contributed by atoms with Crippen LogP contribution < -0.4 is 5.32 Å². The molecule has 2 rings (SSSR count). The second-order valence-corrected chi connectivity index (χ2v) is 6.37. The Morgan fingerprint density at radius 2 is 2.50 bits per heavy atom. The number of thioether (sulfide) groups is 1. The van der Waals surface area contributed by atoms with Crippen LogP contribution in [0.4, 0.5) is 0 Å². The Morgan fingerprint density at radius 3 is 3.25 bits per heavy atom. The number of hydrogen-bond acceptors (Lipinski definition) is 5. The van der Waals surface area contributed by atoms with Gasteiger partial charge in [0.05, 0.1) is 0 Å². The summed E-state index contributed by atoms with van der Waals surface area (Å²) in [6, 6.07) is 0.764. The van der Waals surface area contributed by atoms with E-state index < -0.39 is 0 Å². The van der Waals surface area contributed by atoms with Gasteiger partial charge in [-0.2, -0.15) is 0 Å². The summed E-state index contributed by atoms with van der Waals surface area (Å²) in [7, 11) is 0. The first-order valence-corrected chi connectivity index (χ1v) is 7.89. The summed E-state index contributed by atoms with van der Waals surface area (Å²) < 4.78 is 1.11. The van der Waals surface area contributed by atoms with Crippen LogP contribution in [0.3, 0.4) is 0 Å². The van der Waals surface area contributed by atoms with E-state index in [1.807, 2.05) is 11.8 Å². The Bertz CT molecular complexity index is 289. The zero-order valence-electron chi connectivity index (χ0n) is 9.69. The second-order valence-electron chi connectivity index (χ2n) is 4.20. The first kappa shape index (κ1) is 12.3. The average Bonchev–Trinajstić information content (AvgIpc) is 2.91. The summed E-state index contributed by atoms with van der Waals surface area (Å²) in [5.41, 5.74) is 1.80. The van der Waals surface area contributed by atoms with E-state index in [-0.39, 0.29) is 0 Å². The molecule has 1 aromatic rings. The zero-order valence-corrected chi connectivity index (χ0v) is 11.3. The lowest BCUT2D eigenvalue weighted by molar-refractivity contribution is 0.400. The third-order valence-electron chi connectivity index (χ3n) is 3.18. The minimum absolute atomic E-state index is 0.764. The van der Waals surface area contributed by atoms with Crippen molar-refractivity contribution in [2.24, 2.45) is 5.92 Å². The van der Waals surface area contributed by atoms with Crippen LogP contribution in [0.2, 0.25) is 0 Å². The van der Waals surface area contributed by atoms with E-state index in [4.69, 9.17) is 0 Å². The van der Waals surface area contributed by atoms with Crippen LogP contribution in [-0.2, 0) is 0 Å². The Kier molecular flexibility index (Phi) is 5.06. The first-order chi connectivity index (χ1) is 7.90. The fourth-order valence-electron chi connectivity index (χ4n) is 2.44. The van der Waals surface area contributed by atoms with Crippen molar-refractivity contribution in [2.45, 2.75) is 43.0 Å². The molecule has 0 aromatic carbocycles. The normalized spacial score (nSPS) is 25.1. The number of nitrogens with zero attached hydrogens (tertiary/aromatic N) is 2. The summed E-state index contributed by atoms with van der Waals surface area (Å²) in [5, 5.41) is 11.5. The maximum absolute atomic E-state index is 4.05. The van der Waals surface area contributed by atoms with Gasteiger partial charge < -0.3 is 5.32 Å². The van der Waals surface area contributed by atoms with Crippen LogP contribution in [0.1, 0.15) is 32.6 Å². The lowest BCUT2D eigenvalue weighted by Gasteiger charge is -2.19. The Hall–Kier alpha value is -0.130. The highest BCUT2D eigenvalue weighted by Crippen LogP contribution is 2.31. The molecule has 0 saturated heterocycles. The van der Waals surface area contributed by atoms with Crippen LogP contribution in [0.15, 0.2) is 9.85 Å². The van der Waals surface area contributed by atoms with Crippen molar-refractivity contribution in [3.05, 3.63) is 5.51 Å². The van der Waals surface area contributed by atoms with E-state index in [0.29, 0.717) is 0 Å². The smallest absolute Gasteiger partial charge is 0.174 e. The Labute approximate surface area is 105 Å². The van der Waals surface area contributed by atoms with Crippen molar-refractivity contribution >= 4 is 23.1 Å². The molecule has 0 aliphatic heterocycles. The van der Waals surface area contributed by atoms with Gasteiger partial charge in [-0.3, -0.25) is 0 Å². The minimum Gasteiger partial charge on any atom is -0.314 e. The standard InChI is InChI=1S/C11H19N3S2/c1-2-12-10-5-3-4-9(10)6-7-15-11-14-13-8-16-11/h8-10,12H,2-7H2,1H3. The van der Waals surface area contributed by atoms with Crippen molar-refractivity contribution in [1.82, 2.24) is 15.5 Å². The van der Waals surface area contributed by atoms with Gasteiger partial charge in [0.2, 0.25) is 0 Å². The predicted molar refractivity (Wildman–Crippen MR) is 70.1 cm³/mol. The molecule has 2 atom stereocenters. The molecule has 1 aliphatic carbocycles. The minimum atomic E-state index is 0.764. The summed E-state index contributed by atoms with van der Waals surface area (Å²) >= 11 is 3.49. The highest BCUT2D eigenvalue weighted by molar-refractivity contribution is 8.00. The Balaban J connectivity index is 1.69. The van der Waals surface area contributed by atoms with Crippen LogP contribution in [0, 0.1) is 5.92 Å². The molecule has 3 nitrogen and oxygen atoms in total. The summed E-state index contributed by atoms with van der Waals surface area (Å²) in [6.07, 6.45) is 5.46. The summed E-state index contributed by atoms with van der Waals surface area (Å²) in [5.74, 6) is 2.06. The molecule has 1 aromatic heterocycles. The van der Waals surface area contributed by atoms with Gasteiger partial charge in [-0.15, -0.1) is 10.2 Å². The third kappa shape index (κ3) is 3.43. The highest BCUT2D eigenvalue weighted by Gasteiger charge is 2.25. The molecule has 90 valence electrons. The lowest BCUT2D eigenvalue weighted by Crippen LogP contribution is -2.32. The molecule has 1 N–H and O–H groups in total. The first-order valence-electron chi connectivity index (χ1n) is 6.02. The van der Waals surface area contributed by atoms with Gasteiger partial charge in [0.25, 0.3) is 0 Å². The molecule has 2 unspecified atom stereocenters. The lowest BCUT2D eigenvalue weighted by atomic mass is 10.0. The van der Waals surface area contributed by atoms with Crippen LogP contribution in [0.5, 0.6) is 0 Å². The van der Waals surface area contributed by atoms with Gasteiger partial charge in [-0.25, -0.2) is 0 Å². The van der Waals surface area contributed by atoms with Gasteiger partial charge >= 0.3 is 0 Å². The van der Waals surface area contributed by atoms with Crippen LogP contribution in [0.25, 0.3) is 0 Å². The second kappa shape index (κ2) is 6.57. The SMILES string of the molecule is CCNC1CCCC1CCSc1nncs1. The number of aromatic nitrogens is 2. The molecule has 0 spiro atoms. The van der Waals surface area contributed by atoms with E-state index in [1.165, 1.54) is 31.4 Å². The highest BCUT2D eigenvalue weighted by atomic mass is 32.2. The molecule has 0 radical (unpaired) electrons. The molecule has 0 amide bonds. The number of rotatable bonds is 6.